The Morgan fingerprint density at radius 3 is 2.92 bits per heavy atom. The van der Waals surface area contributed by atoms with E-state index in [2.05, 4.69) is 27.1 Å². The molecule has 2 aliphatic heterocycles. The van der Waals surface area contributed by atoms with Crippen molar-refractivity contribution < 1.29 is 14.3 Å². The SMILES string of the molecule is CCC1CCCCN1c1cnc(C(=O)Nc2ccc3c(c2)OCO3)cn1. The van der Waals surface area contributed by atoms with Crippen LogP contribution in [0.4, 0.5) is 11.5 Å². The summed E-state index contributed by atoms with van der Waals surface area (Å²) in [6.45, 7) is 3.40. The molecule has 1 saturated heterocycles. The molecule has 0 bridgehead atoms. The van der Waals surface area contributed by atoms with Gasteiger partial charge in [0.15, 0.2) is 11.5 Å². The van der Waals surface area contributed by atoms with E-state index in [4.69, 9.17) is 9.47 Å². The minimum atomic E-state index is -0.298. The highest BCUT2D eigenvalue weighted by Crippen LogP contribution is 2.34. The quantitative estimate of drug-likeness (QED) is 0.908. The zero-order chi connectivity index (χ0) is 17.9. The Labute approximate surface area is 152 Å². The normalized spacial score (nSPS) is 18.7. The summed E-state index contributed by atoms with van der Waals surface area (Å²) < 4.78 is 10.6. The number of rotatable bonds is 4. The van der Waals surface area contributed by atoms with Crippen molar-refractivity contribution in [3.05, 3.63) is 36.3 Å². The lowest BCUT2D eigenvalue weighted by molar-refractivity contribution is 0.102. The van der Waals surface area contributed by atoms with Crippen LogP contribution < -0.4 is 19.7 Å². The number of fused-ring (bicyclic) bond motifs is 1. The molecule has 4 rings (SSSR count). The molecule has 0 saturated carbocycles. The zero-order valence-electron chi connectivity index (χ0n) is 14.8. The highest BCUT2D eigenvalue weighted by atomic mass is 16.7. The average molecular weight is 354 g/mol. The highest BCUT2D eigenvalue weighted by molar-refractivity contribution is 6.02. The van der Waals surface area contributed by atoms with E-state index < -0.39 is 0 Å². The highest BCUT2D eigenvalue weighted by Gasteiger charge is 2.22. The van der Waals surface area contributed by atoms with Gasteiger partial charge in [-0.05, 0) is 37.8 Å². The van der Waals surface area contributed by atoms with Crippen LogP contribution in [0.1, 0.15) is 43.1 Å². The van der Waals surface area contributed by atoms with Gasteiger partial charge in [0, 0.05) is 24.3 Å². The molecule has 1 unspecified atom stereocenters. The van der Waals surface area contributed by atoms with Gasteiger partial charge in [-0.3, -0.25) is 4.79 Å². The van der Waals surface area contributed by atoms with Gasteiger partial charge in [-0.15, -0.1) is 0 Å². The van der Waals surface area contributed by atoms with E-state index in [1.165, 1.54) is 19.3 Å². The first-order chi connectivity index (χ1) is 12.7. The maximum atomic E-state index is 12.4. The average Bonchev–Trinajstić information content (AvgIpc) is 3.16. The molecule has 0 spiro atoms. The standard InChI is InChI=1S/C19H22N4O3/c1-2-14-5-3-4-8-23(14)18-11-20-15(10-21-18)19(24)22-13-6-7-16-17(9-13)26-12-25-16/h6-7,9-11,14H,2-5,8,12H2,1H3,(H,22,24). The number of aromatic nitrogens is 2. The molecule has 1 atom stereocenters. The third-order valence-electron chi connectivity index (χ3n) is 4.89. The third-order valence-corrected chi connectivity index (χ3v) is 4.89. The van der Waals surface area contributed by atoms with Crippen LogP contribution in [-0.4, -0.2) is 35.3 Å². The molecular weight excluding hydrogens is 332 g/mol. The van der Waals surface area contributed by atoms with E-state index in [1.807, 2.05) is 0 Å². The Balaban J connectivity index is 1.45. The van der Waals surface area contributed by atoms with E-state index in [-0.39, 0.29) is 18.4 Å². The van der Waals surface area contributed by atoms with Crippen LogP contribution in [0.25, 0.3) is 0 Å². The fourth-order valence-corrected chi connectivity index (χ4v) is 3.48. The minimum Gasteiger partial charge on any atom is -0.454 e. The first-order valence-corrected chi connectivity index (χ1v) is 9.04. The Bertz CT molecular complexity index is 794. The lowest BCUT2D eigenvalue weighted by Crippen LogP contribution is -2.39. The minimum absolute atomic E-state index is 0.203. The van der Waals surface area contributed by atoms with Crippen LogP contribution in [-0.2, 0) is 0 Å². The van der Waals surface area contributed by atoms with Crippen LogP contribution in [0.3, 0.4) is 0 Å². The molecular formula is C19H22N4O3. The van der Waals surface area contributed by atoms with Gasteiger partial charge in [-0.25, -0.2) is 9.97 Å². The number of anilines is 2. The van der Waals surface area contributed by atoms with Crippen molar-refractivity contribution in [2.75, 3.05) is 23.6 Å². The van der Waals surface area contributed by atoms with Crippen molar-refractivity contribution in [3.8, 4) is 11.5 Å². The monoisotopic (exact) mass is 354 g/mol. The van der Waals surface area contributed by atoms with Crippen LogP contribution in [0, 0.1) is 0 Å². The number of hydrogen-bond donors (Lipinski definition) is 1. The molecule has 2 aromatic rings. The molecule has 2 aliphatic rings. The summed E-state index contributed by atoms with van der Waals surface area (Å²) in [4.78, 5) is 23.5. The molecule has 1 fully saturated rings. The van der Waals surface area contributed by atoms with Crippen molar-refractivity contribution in [1.82, 2.24) is 9.97 Å². The summed E-state index contributed by atoms with van der Waals surface area (Å²) in [6, 6.07) is 5.79. The van der Waals surface area contributed by atoms with Crippen molar-refractivity contribution in [2.24, 2.45) is 0 Å². The number of carbonyl (C=O) groups is 1. The fraction of sp³-hybridized carbons (Fsp3) is 0.421. The van der Waals surface area contributed by atoms with Crippen molar-refractivity contribution in [2.45, 2.75) is 38.6 Å². The molecule has 1 aromatic carbocycles. The van der Waals surface area contributed by atoms with Crippen LogP contribution in [0.2, 0.25) is 0 Å². The Morgan fingerprint density at radius 1 is 1.23 bits per heavy atom. The number of amides is 1. The molecule has 7 heteroatoms. The molecule has 26 heavy (non-hydrogen) atoms. The van der Waals surface area contributed by atoms with Crippen LogP contribution in [0.15, 0.2) is 30.6 Å². The van der Waals surface area contributed by atoms with Gasteiger partial charge in [-0.2, -0.15) is 0 Å². The van der Waals surface area contributed by atoms with Gasteiger partial charge in [0.25, 0.3) is 5.91 Å². The fourth-order valence-electron chi connectivity index (χ4n) is 3.48. The van der Waals surface area contributed by atoms with Gasteiger partial charge in [0.1, 0.15) is 11.5 Å². The molecule has 1 amide bonds. The van der Waals surface area contributed by atoms with E-state index in [0.717, 1.165) is 18.8 Å². The summed E-state index contributed by atoms with van der Waals surface area (Å²) >= 11 is 0. The van der Waals surface area contributed by atoms with E-state index in [1.54, 1.807) is 30.6 Å². The first-order valence-electron chi connectivity index (χ1n) is 9.04. The molecule has 1 aromatic heterocycles. The number of hydrogen-bond acceptors (Lipinski definition) is 6. The number of benzene rings is 1. The predicted octanol–water partition coefficient (Wildman–Crippen LogP) is 3.23. The van der Waals surface area contributed by atoms with Gasteiger partial charge < -0.3 is 19.7 Å². The second-order valence-corrected chi connectivity index (χ2v) is 6.53. The molecule has 1 N–H and O–H groups in total. The largest absolute Gasteiger partial charge is 0.454 e. The van der Waals surface area contributed by atoms with Crippen molar-refractivity contribution >= 4 is 17.4 Å². The van der Waals surface area contributed by atoms with E-state index in [9.17, 15) is 4.79 Å². The third kappa shape index (κ3) is 3.29. The van der Waals surface area contributed by atoms with Crippen LogP contribution in [0.5, 0.6) is 11.5 Å². The number of nitrogens with zero attached hydrogens (tertiary/aromatic N) is 3. The van der Waals surface area contributed by atoms with Crippen molar-refractivity contribution in [1.29, 1.82) is 0 Å². The summed E-state index contributed by atoms with van der Waals surface area (Å²) in [5, 5.41) is 2.82. The number of nitrogens with one attached hydrogen (secondary N) is 1. The van der Waals surface area contributed by atoms with E-state index in [0.29, 0.717) is 23.2 Å². The van der Waals surface area contributed by atoms with Gasteiger partial charge in [0.2, 0.25) is 6.79 Å². The molecule has 7 nitrogen and oxygen atoms in total. The maximum Gasteiger partial charge on any atom is 0.275 e. The summed E-state index contributed by atoms with van der Waals surface area (Å²) in [6.07, 6.45) is 7.95. The lowest BCUT2D eigenvalue weighted by atomic mass is 10.0. The Kier molecular flexibility index (Phi) is 4.60. The number of ether oxygens (including phenoxy) is 2. The second kappa shape index (κ2) is 7.19. The molecule has 136 valence electrons. The Hall–Kier alpha value is -2.83. The lowest BCUT2D eigenvalue weighted by Gasteiger charge is -2.35. The van der Waals surface area contributed by atoms with Gasteiger partial charge >= 0.3 is 0 Å². The van der Waals surface area contributed by atoms with Gasteiger partial charge in [0.05, 0.1) is 12.4 Å². The second-order valence-electron chi connectivity index (χ2n) is 6.53. The van der Waals surface area contributed by atoms with E-state index >= 15 is 0 Å². The number of piperidine rings is 1. The zero-order valence-corrected chi connectivity index (χ0v) is 14.8. The topological polar surface area (TPSA) is 76.6 Å². The van der Waals surface area contributed by atoms with Crippen LogP contribution >= 0.6 is 0 Å². The first kappa shape index (κ1) is 16.6. The Morgan fingerprint density at radius 2 is 2.12 bits per heavy atom. The predicted molar refractivity (Wildman–Crippen MR) is 97.8 cm³/mol. The smallest absolute Gasteiger partial charge is 0.275 e. The number of carbonyl (C=O) groups excluding carboxylic acids is 1. The van der Waals surface area contributed by atoms with Gasteiger partial charge in [-0.1, -0.05) is 6.92 Å². The summed E-state index contributed by atoms with van der Waals surface area (Å²) in [5.74, 6) is 1.85. The summed E-state index contributed by atoms with van der Waals surface area (Å²) in [7, 11) is 0. The molecule has 0 aliphatic carbocycles. The summed E-state index contributed by atoms with van der Waals surface area (Å²) in [5.41, 5.74) is 0.920. The molecule has 0 radical (unpaired) electrons. The maximum absolute atomic E-state index is 12.4. The molecule has 3 heterocycles. The van der Waals surface area contributed by atoms with Crippen molar-refractivity contribution in [3.63, 3.8) is 0 Å².